The van der Waals surface area contributed by atoms with E-state index in [1.807, 2.05) is 12.1 Å². The molecule has 2 heterocycles. The quantitative estimate of drug-likeness (QED) is 0.758. The van der Waals surface area contributed by atoms with E-state index < -0.39 is 0 Å². The zero-order valence-electron chi connectivity index (χ0n) is 6.84. The largest absolute Gasteiger partial charge is 0.361 e. The summed E-state index contributed by atoms with van der Waals surface area (Å²) in [5.74, 6) is 1.49. The maximum atomic E-state index is 4.89. The van der Waals surface area contributed by atoms with Crippen molar-refractivity contribution in [1.82, 2.24) is 15.4 Å². The summed E-state index contributed by atoms with van der Waals surface area (Å²) in [4.78, 5) is 0. The third-order valence-electron chi connectivity index (χ3n) is 1.51. The maximum Gasteiger partial charge on any atom is 0.155 e. The molecule has 0 saturated heterocycles. The Labute approximate surface area is 74.8 Å². The summed E-state index contributed by atoms with van der Waals surface area (Å²) < 4.78 is 4.89. The summed E-state index contributed by atoms with van der Waals surface area (Å²) >= 11 is 0. The van der Waals surface area contributed by atoms with Crippen molar-refractivity contribution in [2.45, 2.75) is 6.54 Å². The zero-order chi connectivity index (χ0) is 8.93. The molecule has 0 aliphatic heterocycles. The van der Waals surface area contributed by atoms with Crippen molar-refractivity contribution < 1.29 is 4.52 Å². The van der Waals surface area contributed by atoms with E-state index in [1.54, 1.807) is 18.5 Å². The van der Waals surface area contributed by atoms with E-state index in [9.17, 15) is 0 Å². The lowest BCUT2D eigenvalue weighted by Crippen LogP contribution is -2.00. The molecule has 2 aromatic heterocycles. The van der Waals surface area contributed by atoms with Gasteiger partial charge in [0.2, 0.25) is 0 Å². The molecule has 0 aromatic carbocycles. The van der Waals surface area contributed by atoms with Crippen LogP contribution in [0.25, 0.3) is 0 Å². The topological polar surface area (TPSA) is 63.8 Å². The minimum atomic E-state index is 0.568. The van der Waals surface area contributed by atoms with Crippen LogP contribution >= 0.6 is 0 Å². The van der Waals surface area contributed by atoms with Crippen molar-refractivity contribution in [3.8, 4) is 0 Å². The van der Waals surface area contributed by atoms with Gasteiger partial charge in [-0.15, -0.1) is 5.10 Å². The van der Waals surface area contributed by atoms with Crippen LogP contribution < -0.4 is 5.32 Å². The zero-order valence-corrected chi connectivity index (χ0v) is 6.84. The van der Waals surface area contributed by atoms with Crippen molar-refractivity contribution >= 4 is 5.82 Å². The number of nitrogens with one attached hydrogen (secondary N) is 1. The van der Waals surface area contributed by atoms with Gasteiger partial charge in [0.1, 0.15) is 5.82 Å². The molecule has 0 atom stereocenters. The maximum absolute atomic E-state index is 4.89. The van der Waals surface area contributed by atoms with Gasteiger partial charge in [0.05, 0.1) is 12.7 Å². The molecule has 13 heavy (non-hydrogen) atoms. The van der Waals surface area contributed by atoms with Gasteiger partial charge in [0.15, 0.2) is 5.76 Å². The molecule has 2 aromatic rings. The molecule has 5 heteroatoms. The van der Waals surface area contributed by atoms with Crippen LogP contribution in [0.4, 0.5) is 5.82 Å². The van der Waals surface area contributed by atoms with Crippen LogP contribution in [0.2, 0.25) is 0 Å². The van der Waals surface area contributed by atoms with Crippen LogP contribution in [0, 0.1) is 0 Å². The molecule has 0 bridgehead atoms. The fourth-order valence-electron chi connectivity index (χ4n) is 0.907. The first-order valence-corrected chi connectivity index (χ1v) is 3.86. The average molecular weight is 176 g/mol. The minimum absolute atomic E-state index is 0.568. The fraction of sp³-hybridized carbons (Fsp3) is 0.125. The SMILES string of the molecule is c1cnnc(NCc2ccno2)c1. The van der Waals surface area contributed by atoms with Gasteiger partial charge in [-0.25, -0.2) is 0 Å². The van der Waals surface area contributed by atoms with Gasteiger partial charge in [-0.05, 0) is 12.1 Å². The van der Waals surface area contributed by atoms with Crippen LogP contribution in [0.1, 0.15) is 5.76 Å². The second-order valence-electron chi connectivity index (χ2n) is 2.44. The summed E-state index contributed by atoms with van der Waals surface area (Å²) in [5, 5.41) is 14.2. The molecule has 0 aliphatic rings. The molecular formula is C8H8N4O. The van der Waals surface area contributed by atoms with Gasteiger partial charge in [-0.2, -0.15) is 5.10 Å². The van der Waals surface area contributed by atoms with Crippen LogP contribution in [0.15, 0.2) is 35.1 Å². The van der Waals surface area contributed by atoms with Crippen molar-refractivity contribution in [1.29, 1.82) is 0 Å². The second-order valence-corrected chi connectivity index (χ2v) is 2.44. The van der Waals surface area contributed by atoms with Gasteiger partial charge < -0.3 is 9.84 Å². The first kappa shape index (κ1) is 7.72. The Bertz CT molecular complexity index is 346. The van der Waals surface area contributed by atoms with E-state index in [2.05, 4.69) is 20.7 Å². The van der Waals surface area contributed by atoms with Crippen molar-refractivity contribution in [3.05, 3.63) is 36.4 Å². The number of nitrogens with zero attached hydrogens (tertiary/aromatic N) is 3. The lowest BCUT2D eigenvalue weighted by atomic mass is 10.4. The van der Waals surface area contributed by atoms with E-state index in [1.165, 1.54) is 0 Å². The highest BCUT2D eigenvalue weighted by Gasteiger charge is 1.96. The summed E-state index contributed by atoms with van der Waals surface area (Å²) in [6, 6.07) is 5.45. The number of hydrogen-bond acceptors (Lipinski definition) is 5. The minimum Gasteiger partial charge on any atom is -0.361 e. The summed E-state index contributed by atoms with van der Waals surface area (Å²) in [5.41, 5.74) is 0. The Morgan fingerprint density at radius 2 is 2.31 bits per heavy atom. The van der Waals surface area contributed by atoms with E-state index >= 15 is 0 Å². The van der Waals surface area contributed by atoms with Crippen LogP contribution in [-0.4, -0.2) is 15.4 Å². The molecule has 0 radical (unpaired) electrons. The molecule has 0 fully saturated rings. The predicted molar refractivity (Wildman–Crippen MR) is 45.9 cm³/mol. The third-order valence-corrected chi connectivity index (χ3v) is 1.51. The number of hydrogen-bond donors (Lipinski definition) is 1. The molecule has 0 spiro atoms. The summed E-state index contributed by atoms with van der Waals surface area (Å²) in [7, 11) is 0. The highest BCUT2D eigenvalue weighted by molar-refractivity contribution is 5.31. The first-order chi connectivity index (χ1) is 6.45. The first-order valence-electron chi connectivity index (χ1n) is 3.86. The predicted octanol–water partition coefficient (Wildman–Crippen LogP) is 1.08. The van der Waals surface area contributed by atoms with Gasteiger partial charge in [-0.3, -0.25) is 0 Å². The fourth-order valence-corrected chi connectivity index (χ4v) is 0.907. The standard InChI is InChI=1S/C8H8N4O/c1-2-8(12-10-4-1)9-6-7-3-5-11-13-7/h1-5H,6H2,(H,9,12). The van der Waals surface area contributed by atoms with Crippen LogP contribution in [0.3, 0.4) is 0 Å². The van der Waals surface area contributed by atoms with E-state index in [0.29, 0.717) is 6.54 Å². The molecule has 0 unspecified atom stereocenters. The number of anilines is 1. The highest BCUT2D eigenvalue weighted by Crippen LogP contribution is 2.02. The monoisotopic (exact) mass is 176 g/mol. The van der Waals surface area contributed by atoms with Gasteiger partial charge in [0, 0.05) is 12.3 Å². The molecule has 0 amide bonds. The van der Waals surface area contributed by atoms with Crippen LogP contribution in [-0.2, 0) is 6.54 Å². The third kappa shape index (κ3) is 2.02. The molecule has 1 N–H and O–H groups in total. The lowest BCUT2D eigenvalue weighted by molar-refractivity contribution is 0.388. The smallest absolute Gasteiger partial charge is 0.155 e. The molecule has 2 rings (SSSR count). The lowest BCUT2D eigenvalue weighted by Gasteiger charge is -1.99. The van der Waals surface area contributed by atoms with Gasteiger partial charge in [-0.1, -0.05) is 5.16 Å². The molecule has 0 saturated carbocycles. The van der Waals surface area contributed by atoms with E-state index in [-0.39, 0.29) is 0 Å². The van der Waals surface area contributed by atoms with Crippen molar-refractivity contribution in [3.63, 3.8) is 0 Å². The van der Waals surface area contributed by atoms with Crippen molar-refractivity contribution in [2.75, 3.05) is 5.32 Å². The van der Waals surface area contributed by atoms with Gasteiger partial charge in [0.25, 0.3) is 0 Å². The Balaban J connectivity index is 1.94. The van der Waals surface area contributed by atoms with Crippen molar-refractivity contribution in [2.24, 2.45) is 0 Å². The summed E-state index contributed by atoms with van der Waals surface area (Å²) in [6.07, 6.45) is 3.23. The van der Waals surface area contributed by atoms with Crippen LogP contribution in [0.5, 0.6) is 0 Å². The second kappa shape index (κ2) is 3.66. The molecular weight excluding hydrogens is 168 g/mol. The highest BCUT2D eigenvalue weighted by atomic mass is 16.5. The van der Waals surface area contributed by atoms with Gasteiger partial charge >= 0.3 is 0 Å². The Kier molecular flexibility index (Phi) is 2.18. The normalized spacial score (nSPS) is 9.85. The molecule has 0 aliphatic carbocycles. The van der Waals surface area contributed by atoms with E-state index in [0.717, 1.165) is 11.6 Å². The number of rotatable bonds is 3. The average Bonchev–Trinajstić information content (AvgIpc) is 2.69. The Hall–Kier alpha value is -1.91. The molecule has 66 valence electrons. The Morgan fingerprint density at radius 3 is 3.00 bits per heavy atom. The summed E-state index contributed by atoms with van der Waals surface area (Å²) in [6.45, 7) is 0.568. The Morgan fingerprint density at radius 1 is 1.31 bits per heavy atom. The van der Waals surface area contributed by atoms with E-state index in [4.69, 9.17) is 4.52 Å². The molecule has 5 nitrogen and oxygen atoms in total. The number of aromatic nitrogens is 3.